The third kappa shape index (κ3) is 1.90. The number of hydrogen-bond acceptors (Lipinski definition) is 5. The molecular formula is C11H10N2O4. The third-order valence-electron chi connectivity index (χ3n) is 2.89. The van der Waals surface area contributed by atoms with E-state index in [1.54, 1.807) is 6.07 Å². The van der Waals surface area contributed by atoms with Crippen LogP contribution in [-0.4, -0.2) is 18.1 Å². The summed E-state index contributed by atoms with van der Waals surface area (Å²) < 4.78 is 5.03. The Kier molecular flexibility index (Phi) is 2.65. The number of carbonyl (C=O) groups excluding carboxylic acids is 1. The van der Waals surface area contributed by atoms with Gasteiger partial charge in [0, 0.05) is 6.07 Å². The van der Waals surface area contributed by atoms with Crippen molar-refractivity contribution in [3.05, 3.63) is 33.9 Å². The fourth-order valence-electron chi connectivity index (χ4n) is 1.82. The number of isocyanates is 1. The van der Waals surface area contributed by atoms with Crippen molar-refractivity contribution in [1.29, 1.82) is 0 Å². The van der Waals surface area contributed by atoms with Gasteiger partial charge >= 0.3 is 0 Å². The first-order valence-electron chi connectivity index (χ1n) is 5.05. The zero-order valence-electron chi connectivity index (χ0n) is 9.17. The van der Waals surface area contributed by atoms with Crippen LogP contribution in [0.5, 0.6) is 5.75 Å². The molecule has 0 radical (unpaired) electrons. The normalized spacial score (nSPS) is 15.8. The lowest BCUT2D eigenvalue weighted by molar-refractivity contribution is -0.385. The summed E-state index contributed by atoms with van der Waals surface area (Å²) in [6.45, 7) is 0. The summed E-state index contributed by atoms with van der Waals surface area (Å²) in [6, 6.07) is 4.45. The van der Waals surface area contributed by atoms with Gasteiger partial charge in [0.15, 0.2) is 0 Å². The lowest BCUT2D eigenvalue weighted by Crippen LogP contribution is -2.07. The lowest BCUT2D eigenvalue weighted by atomic mass is 10.0. The van der Waals surface area contributed by atoms with Gasteiger partial charge < -0.3 is 4.74 Å². The molecular weight excluding hydrogens is 224 g/mol. The summed E-state index contributed by atoms with van der Waals surface area (Å²) >= 11 is 0. The van der Waals surface area contributed by atoms with Gasteiger partial charge in [-0.3, -0.25) is 10.1 Å². The predicted octanol–water partition coefficient (Wildman–Crippen LogP) is 1.93. The van der Waals surface area contributed by atoms with Crippen molar-refractivity contribution < 1.29 is 14.5 Å². The second-order valence-corrected chi connectivity index (χ2v) is 3.87. The van der Waals surface area contributed by atoms with E-state index < -0.39 is 10.5 Å². The minimum atomic E-state index is -0.765. The molecule has 0 aromatic heterocycles. The number of hydrogen-bond donors (Lipinski definition) is 0. The van der Waals surface area contributed by atoms with E-state index in [1.165, 1.54) is 25.3 Å². The molecule has 0 unspecified atom stereocenters. The molecule has 6 nitrogen and oxygen atoms in total. The van der Waals surface area contributed by atoms with Crippen LogP contribution in [0.25, 0.3) is 0 Å². The zero-order valence-corrected chi connectivity index (χ0v) is 9.17. The Bertz CT molecular complexity index is 516. The molecule has 1 aromatic carbocycles. The van der Waals surface area contributed by atoms with Crippen molar-refractivity contribution >= 4 is 11.8 Å². The van der Waals surface area contributed by atoms with Crippen LogP contribution in [0, 0.1) is 10.1 Å². The third-order valence-corrected chi connectivity index (χ3v) is 2.89. The quantitative estimate of drug-likeness (QED) is 0.345. The Morgan fingerprint density at radius 3 is 2.71 bits per heavy atom. The summed E-state index contributed by atoms with van der Waals surface area (Å²) in [4.78, 5) is 24.5. The summed E-state index contributed by atoms with van der Waals surface area (Å²) in [7, 11) is 1.48. The number of nitro benzene ring substituents is 1. The minimum absolute atomic E-state index is 0.0395. The molecule has 1 aliphatic rings. The molecule has 6 heteroatoms. The monoisotopic (exact) mass is 234 g/mol. The molecule has 2 rings (SSSR count). The molecule has 0 heterocycles. The van der Waals surface area contributed by atoms with Crippen LogP contribution < -0.4 is 4.74 Å². The molecule has 1 saturated carbocycles. The van der Waals surface area contributed by atoms with Gasteiger partial charge in [-0.2, -0.15) is 4.99 Å². The van der Waals surface area contributed by atoms with Gasteiger partial charge in [0.05, 0.1) is 17.6 Å². The second kappa shape index (κ2) is 3.99. The Morgan fingerprint density at radius 2 is 2.24 bits per heavy atom. The van der Waals surface area contributed by atoms with E-state index in [0.29, 0.717) is 24.2 Å². The maximum Gasteiger partial charge on any atom is 0.275 e. The van der Waals surface area contributed by atoms with E-state index in [9.17, 15) is 14.9 Å². The molecule has 0 atom stereocenters. The van der Waals surface area contributed by atoms with E-state index in [2.05, 4.69) is 4.99 Å². The SMILES string of the molecule is COc1ccc([N+](=O)[O-])c(C2(N=C=O)CC2)c1. The van der Waals surface area contributed by atoms with Gasteiger partial charge in [0.1, 0.15) is 11.3 Å². The minimum Gasteiger partial charge on any atom is -0.497 e. The van der Waals surface area contributed by atoms with Crippen molar-refractivity contribution in [2.75, 3.05) is 7.11 Å². The highest BCUT2D eigenvalue weighted by molar-refractivity contribution is 5.53. The molecule has 17 heavy (non-hydrogen) atoms. The lowest BCUT2D eigenvalue weighted by Gasteiger charge is -2.10. The first-order valence-corrected chi connectivity index (χ1v) is 5.05. The number of benzene rings is 1. The fourth-order valence-corrected chi connectivity index (χ4v) is 1.82. The molecule has 0 saturated heterocycles. The topological polar surface area (TPSA) is 81.8 Å². The van der Waals surface area contributed by atoms with Gasteiger partial charge in [-0.05, 0) is 25.0 Å². The Morgan fingerprint density at radius 1 is 1.53 bits per heavy atom. The first-order chi connectivity index (χ1) is 8.13. The van der Waals surface area contributed by atoms with Crippen molar-refractivity contribution in [2.45, 2.75) is 18.4 Å². The fraction of sp³-hybridized carbons (Fsp3) is 0.364. The average Bonchev–Trinajstić information content (AvgIpc) is 3.09. The highest BCUT2D eigenvalue weighted by Gasteiger charge is 2.49. The Labute approximate surface area is 97.1 Å². The summed E-state index contributed by atoms with van der Waals surface area (Å²) in [6.07, 6.45) is 2.73. The zero-order chi connectivity index (χ0) is 12.5. The highest BCUT2D eigenvalue weighted by Crippen LogP contribution is 2.52. The number of ether oxygens (including phenoxy) is 1. The smallest absolute Gasteiger partial charge is 0.275 e. The highest BCUT2D eigenvalue weighted by atomic mass is 16.6. The second-order valence-electron chi connectivity index (χ2n) is 3.87. The number of methoxy groups -OCH3 is 1. The predicted molar refractivity (Wildman–Crippen MR) is 58.7 cm³/mol. The molecule has 1 fully saturated rings. The Hall–Kier alpha value is -2.20. The Balaban J connectivity index is 2.57. The number of nitro groups is 1. The van der Waals surface area contributed by atoms with Crippen LogP contribution in [0.4, 0.5) is 5.69 Å². The number of aliphatic imine (C=N–C) groups is 1. The molecule has 0 N–H and O–H groups in total. The standard InChI is InChI=1S/C11H10N2O4/c1-17-8-2-3-10(13(15)16)9(6-8)11(4-5-11)12-7-14/h2-3,6H,4-5H2,1H3. The van der Waals surface area contributed by atoms with E-state index in [-0.39, 0.29) is 5.69 Å². The number of nitrogens with zero attached hydrogens (tertiary/aromatic N) is 2. The first kappa shape index (κ1) is 11.3. The van der Waals surface area contributed by atoms with Crippen molar-refractivity contribution in [2.24, 2.45) is 4.99 Å². The molecule has 1 aromatic rings. The van der Waals surface area contributed by atoms with E-state index in [1.807, 2.05) is 0 Å². The molecule has 0 amide bonds. The van der Waals surface area contributed by atoms with Crippen LogP contribution in [0.15, 0.2) is 23.2 Å². The number of rotatable bonds is 4. The van der Waals surface area contributed by atoms with Crippen LogP contribution in [0.3, 0.4) is 0 Å². The molecule has 1 aliphatic carbocycles. The van der Waals surface area contributed by atoms with Gasteiger partial charge in [-0.1, -0.05) is 0 Å². The van der Waals surface area contributed by atoms with Crippen LogP contribution in [0.1, 0.15) is 18.4 Å². The molecule has 0 spiro atoms. The van der Waals surface area contributed by atoms with Gasteiger partial charge in [-0.25, -0.2) is 4.79 Å². The van der Waals surface area contributed by atoms with Gasteiger partial charge in [0.2, 0.25) is 6.08 Å². The van der Waals surface area contributed by atoms with Crippen molar-refractivity contribution in [1.82, 2.24) is 0 Å². The van der Waals surface area contributed by atoms with E-state index >= 15 is 0 Å². The molecule has 88 valence electrons. The summed E-state index contributed by atoms with van der Waals surface area (Å²) in [5.74, 6) is 0.512. The van der Waals surface area contributed by atoms with Crippen molar-refractivity contribution in [3.8, 4) is 5.75 Å². The molecule has 0 bridgehead atoms. The maximum atomic E-state index is 10.9. The molecule has 0 aliphatic heterocycles. The summed E-state index contributed by atoms with van der Waals surface area (Å²) in [5.41, 5.74) is -0.383. The van der Waals surface area contributed by atoms with Gasteiger partial charge in [-0.15, -0.1) is 0 Å². The van der Waals surface area contributed by atoms with Gasteiger partial charge in [0.25, 0.3) is 5.69 Å². The average molecular weight is 234 g/mol. The van der Waals surface area contributed by atoms with E-state index in [0.717, 1.165) is 0 Å². The largest absolute Gasteiger partial charge is 0.497 e. The van der Waals surface area contributed by atoms with Crippen molar-refractivity contribution in [3.63, 3.8) is 0 Å². The van der Waals surface area contributed by atoms with E-state index in [4.69, 9.17) is 4.74 Å². The van der Waals surface area contributed by atoms with Crippen LogP contribution in [-0.2, 0) is 10.3 Å². The van der Waals surface area contributed by atoms with Crippen LogP contribution >= 0.6 is 0 Å². The summed E-state index contributed by atoms with van der Waals surface area (Å²) in [5, 5.41) is 10.9. The maximum absolute atomic E-state index is 10.9. The van der Waals surface area contributed by atoms with Crippen LogP contribution in [0.2, 0.25) is 0 Å².